The third-order valence-corrected chi connectivity index (χ3v) is 5.17. The molecule has 4 aromatic rings. The summed E-state index contributed by atoms with van der Waals surface area (Å²) >= 11 is 0. The molecule has 2 aromatic carbocycles. The maximum absolute atomic E-state index is 13.7. The van der Waals surface area contributed by atoms with Gasteiger partial charge in [-0.15, -0.1) is 0 Å². The first kappa shape index (κ1) is 16.4. The van der Waals surface area contributed by atoms with Gasteiger partial charge in [0.15, 0.2) is 11.4 Å². The molecule has 134 valence electrons. The van der Waals surface area contributed by atoms with E-state index in [9.17, 15) is 4.79 Å². The number of anilines is 1. The number of Topliss-reactive ketones (excluding diaryl/α,β-unsaturated/α-hetero) is 1. The fourth-order valence-electron chi connectivity index (χ4n) is 3.84. The second-order valence-electron chi connectivity index (χ2n) is 6.85. The summed E-state index contributed by atoms with van der Waals surface area (Å²) in [4.78, 5) is 22.2. The zero-order chi connectivity index (χ0) is 19.1. The van der Waals surface area contributed by atoms with Crippen molar-refractivity contribution in [1.82, 2.24) is 9.97 Å². The first-order chi connectivity index (χ1) is 13.7. The van der Waals surface area contributed by atoms with Crippen molar-refractivity contribution in [1.29, 1.82) is 0 Å². The fourth-order valence-corrected chi connectivity index (χ4v) is 3.84. The number of fused-ring (bicyclic) bond motifs is 2. The van der Waals surface area contributed by atoms with Gasteiger partial charge in [0.05, 0.1) is 5.56 Å². The van der Waals surface area contributed by atoms with E-state index in [0.29, 0.717) is 16.8 Å². The molecule has 1 aliphatic carbocycles. The number of ketones is 1. The van der Waals surface area contributed by atoms with Crippen molar-refractivity contribution >= 4 is 33.8 Å². The van der Waals surface area contributed by atoms with Gasteiger partial charge >= 0.3 is 0 Å². The first-order valence-corrected chi connectivity index (χ1v) is 9.15. The van der Waals surface area contributed by atoms with Gasteiger partial charge in [-0.1, -0.05) is 54.6 Å². The van der Waals surface area contributed by atoms with Crippen molar-refractivity contribution in [2.45, 2.75) is 6.42 Å². The number of rotatable bonds is 3. The van der Waals surface area contributed by atoms with E-state index in [4.69, 9.17) is 5.73 Å². The number of carbonyl (C=O) groups excluding carboxylic acids is 1. The van der Waals surface area contributed by atoms with Gasteiger partial charge in [-0.25, -0.2) is 9.97 Å². The third kappa shape index (κ3) is 2.58. The van der Waals surface area contributed by atoms with E-state index < -0.39 is 0 Å². The quantitative estimate of drug-likeness (QED) is 0.542. The Hall–Kier alpha value is -3.79. The number of aromatic nitrogens is 2. The zero-order valence-corrected chi connectivity index (χ0v) is 15.1. The molecule has 2 N–H and O–H groups in total. The molecule has 0 radical (unpaired) electrons. The second kappa shape index (κ2) is 6.43. The third-order valence-electron chi connectivity index (χ3n) is 5.17. The summed E-state index contributed by atoms with van der Waals surface area (Å²) in [7, 11) is 0. The average molecular weight is 363 g/mol. The number of nitrogens with two attached hydrogens (primary N) is 1. The highest BCUT2D eigenvalue weighted by Gasteiger charge is 2.29. The van der Waals surface area contributed by atoms with E-state index in [1.54, 1.807) is 12.3 Å². The van der Waals surface area contributed by atoms with Crippen LogP contribution in [0.15, 0.2) is 79.0 Å². The van der Waals surface area contributed by atoms with Crippen LogP contribution in [0.1, 0.15) is 27.0 Å². The van der Waals surface area contributed by atoms with Crippen molar-refractivity contribution in [3.8, 4) is 0 Å². The Kier molecular flexibility index (Phi) is 3.76. The number of nitrogens with zero attached hydrogens (tertiary/aromatic N) is 2. The predicted molar refractivity (Wildman–Crippen MR) is 112 cm³/mol. The number of hydrogen-bond acceptors (Lipinski definition) is 4. The lowest BCUT2D eigenvalue weighted by atomic mass is 9.93. The van der Waals surface area contributed by atoms with E-state index in [1.807, 2.05) is 60.7 Å². The number of allylic oxidation sites excluding steroid dienone is 2. The van der Waals surface area contributed by atoms with Crippen molar-refractivity contribution in [2.24, 2.45) is 0 Å². The van der Waals surface area contributed by atoms with Crippen LogP contribution in [0.4, 0.5) is 5.82 Å². The summed E-state index contributed by atoms with van der Waals surface area (Å²) in [6.07, 6.45) is 2.39. The SMILES string of the molecule is Nc1nc2ncccc2cc1C(=O)C1=C(c2ccccc2)Cc2ccccc21. The van der Waals surface area contributed by atoms with E-state index in [1.165, 1.54) is 0 Å². The molecule has 0 saturated heterocycles. The average Bonchev–Trinajstić information content (AvgIpc) is 3.13. The molecule has 5 rings (SSSR count). The molecule has 0 amide bonds. The van der Waals surface area contributed by atoms with Gasteiger partial charge < -0.3 is 5.73 Å². The maximum atomic E-state index is 13.7. The van der Waals surface area contributed by atoms with Crippen LogP contribution < -0.4 is 5.73 Å². The minimum absolute atomic E-state index is 0.0976. The Balaban J connectivity index is 1.73. The van der Waals surface area contributed by atoms with E-state index in [0.717, 1.165) is 34.1 Å². The predicted octanol–water partition coefficient (Wildman–Crippen LogP) is 4.56. The molecule has 0 bridgehead atoms. The molecule has 0 atom stereocenters. The number of nitrogen functional groups attached to an aromatic ring is 1. The van der Waals surface area contributed by atoms with E-state index in [2.05, 4.69) is 16.0 Å². The van der Waals surface area contributed by atoms with Crippen molar-refractivity contribution in [3.63, 3.8) is 0 Å². The monoisotopic (exact) mass is 363 g/mol. The van der Waals surface area contributed by atoms with Crippen molar-refractivity contribution < 1.29 is 4.79 Å². The highest BCUT2D eigenvalue weighted by atomic mass is 16.1. The van der Waals surface area contributed by atoms with Crippen LogP contribution in [0.2, 0.25) is 0 Å². The van der Waals surface area contributed by atoms with Gasteiger partial charge in [-0.3, -0.25) is 4.79 Å². The van der Waals surface area contributed by atoms with Crippen LogP contribution in [-0.4, -0.2) is 15.8 Å². The molecule has 4 heteroatoms. The summed E-state index contributed by atoms with van der Waals surface area (Å²) in [5.74, 6) is 0.111. The van der Waals surface area contributed by atoms with Crippen LogP contribution >= 0.6 is 0 Å². The lowest BCUT2D eigenvalue weighted by Gasteiger charge is -2.11. The summed E-state index contributed by atoms with van der Waals surface area (Å²) in [6, 6.07) is 23.6. The van der Waals surface area contributed by atoms with Gasteiger partial charge in [0.2, 0.25) is 0 Å². The molecule has 0 aliphatic heterocycles. The smallest absolute Gasteiger partial charge is 0.197 e. The lowest BCUT2D eigenvalue weighted by molar-refractivity contribution is 0.105. The Bertz CT molecular complexity index is 1260. The summed E-state index contributed by atoms with van der Waals surface area (Å²) in [5.41, 5.74) is 12.0. The summed E-state index contributed by atoms with van der Waals surface area (Å²) < 4.78 is 0. The van der Waals surface area contributed by atoms with Gasteiger partial charge in [-0.05, 0) is 46.9 Å². The van der Waals surface area contributed by atoms with E-state index >= 15 is 0 Å². The van der Waals surface area contributed by atoms with Crippen LogP contribution in [-0.2, 0) is 6.42 Å². The highest BCUT2D eigenvalue weighted by molar-refractivity contribution is 6.37. The van der Waals surface area contributed by atoms with Crippen molar-refractivity contribution in [3.05, 3.63) is 101 Å². The lowest BCUT2D eigenvalue weighted by Crippen LogP contribution is -2.09. The second-order valence-corrected chi connectivity index (χ2v) is 6.85. The van der Waals surface area contributed by atoms with E-state index in [-0.39, 0.29) is 11.6 Å². The molecule has 0 saturated carbocycles. The molecule has 4 nitrogen and oxygen atoms in total. The summed E-state index contributed by atoms with van der Waals surface area (Å²) in [5, 5.41) is 0.799. The maximum Gasteiger partial charge on any atom is 0.197 e. The van der Waals surface area contributed by atoms with Crippen molar-refractivity contribution in [2.75, 3.05) is 5.73 Å². The Morgan fingerprint density at radius 3 is 2.57 bits per heavy atom. The van der Waals surface area contributed by atoms with Crippen LogP contribution in [0.25, 0.3) is 22.2 Å². The topological polar surface area (TPSA) is 68.9 Å². The number of pyridine rings is 2. The van der Waals surface area contributed by atoms with Crippen LogP contribution in [0, 0.1) is 0 Å². The molecule has 1 aliphatic rings. The fraction of sp³-hybridized carbons (Fsp3) is 0.0417. The van der Waals surface area contributed by atoms with Gasteiger partial charge in [0.1, 0.15) is 5.82 Å². The van der Waals surface area contributed by atoms with Crippen LogP contribution in [0.5, 0.6) is 0 Å². The molecular formula is C24H17N3O. The Morgan fingerprint density at radius 2 is 1.71 bits per heavy atom. The molecule has 0 fully saturated rings. The minimum atomic E-state index is -0.0976. The van der Waals surface area contributed by atoms with Crippen LogP contribution in [0.3, 0.4) is 0 Å². The Labute approximate surface area is 162 Å². The molecule has 28 heavy (non-hydrogen) atoms. The molecule has 0 spiro atoms. The standard InChI is InChI=1S/C24H17N3O/c25-23-20(14-17-10-6-12-26-24(17)27-23)22(28)21-18-11-5-4-9-16(18)13-19(21)15-7-2-1-3-8-15/h1-12,14H,13H2,(H2,25,26,27). The van der Waals surface area contributed by atoms with Gasteiger partial charge in [0, 0.05) is 17.2 Å². The van der Waals surface area contributed by atoms with Gasteiger partial charge in [-0.2, -0.15) is 0 Å². The normalized spacial score (nSPS) is 13.0. The largest absolute Gasteiger partial charge is 0.383 e. The minimum Gasteiger partial charge on any atom is -0.383 e. The molecule has 2 aromatic heterocycles. The zero-order valence-electron chi connectivity index (χ0n) is 15.1. The first-order valence-electron chi connectivity index (χ1n) is 9.15. The highest BCUT2D eigenvalue weighted by Crippen LogP contribution is 2.40. The van der Waals surface area contributed by atoms with Gasteiger partial charge in [0.25, 0.3) is 0 Å². The number of carbonyl (C=O) groups is 1. The molecule has 2 heterocycles. The number of hydrogen-bond donors (Lipinski definition) is 1. The Morgan fingerprint density at radius 1 is 0.929 bits per heavy atom. The molecular weight excluding hydrogens is 346 g/mol. The molecule has 0 unspecified atom stereocenters. The number of benzene rings is 2. The summed E-state index contributed by atoms with van der Waals surface area (Å²) in [6.45, 7) is 0.